The molecular weight excluding hydrogens is 409 g/mol. The third-order valence-corrected chi connectivity index (χ3v) is 16.4. The number of thioether (sulfide) groups is 1. The molecule has 3 aliphatic heterocycles. The first kappa shape index (κ1) is 15.6. The first-order valence-electron chi connectivity index (χ1n) is 8.31. The van der Waals surface area contributed by atoms with E-state index >= 15 is 0 Å². The minimum absolute atomic E-state index is 0.183. The molecule has 3 aliphatic rings. The summed E-state index contributed by atoms with van der Waals surface area (Å²) in [6.07, 6.45) is 8.66. The Balaban J connectivity index is 1.68. The minimum atomic E-state index is -2.31. The molecule has 3 nitrogen and oxygen atoms in total. The summed E-state index contributed by atoms with van der Waals surface area (Å²) in [7, 11) is 0. The van der Waals surface area contributed by atoms with E-state index in [0.717, 1.165) is 11.8 Å². The molecule has 0 aromatic heterocycles. The molecule has 0 radical (unpaired) electrons. The Bertz CT molecular complexity index is 781. The van der Waals surface area contributed by atoms with Crippen LogP contribution >= 0.6 is 11.8 Å². The Morgan fingerprint density at radius 3 is 2.74 bits per heavy atom. The van der Waals surface area contributed by atoms with Gasteiger partial charge in [0, 0.05) is 0 Å². The zero-order chi connectivity index (χ0) is 16.0. The summed E-state index contributed by atoms with van der Waals surface area (Å²) in [5, 5.41) is 2.21. The van der Waals surface area contributed by atoms with Crippen LogP contribution in [0.3, 0.4) is 0 Å². The number of allylic oxidation sites excluding steroid dienone is 1. The van der Waals surface area contributed by atoms with Crippen LogP contribution in [0.15, 0.2) is 26.4 Å². The van der Waals surface area contributed by atoms with Crippen molar-refractivity contribution in [1.82, 2.24) is 5.32 Å². The molecule has 3 heterocycles. The van der Waals surface area contributed by atoms with Crippen LogP contribution in [0.5, 0.6) is 0 Å². The van der Waals surface area contributed by atoms with Crippen LogP contribution in [0.25, 0.3) is 9.41 Å². The molecule has 2 amide bonds. The van der Waals surface area contributed by atoms with Crippen LogP contribution in [0.1, 0.15) is 50.2 Å². The normalized spacial score (nSPS) is 21.3. The fourth-order valence-corrected chi connectivity index (χ4v) is 16.5. The first-order chi connectivity index (χ1) is 11.2. The van der Waals surface area contributed by atoms with Gasteiger partial charge < -0.3 is 0 Å². The molecule has 0 spiro atoms. The van der Waals surface area contributed by atoms with Gasteiger partial charge in [0.2, 0.25) is 0 Å². The zero-order valence-corrected chi connectivity index (χ0v) is 17.3. The third-order valence-electron chi connectivity index (χ3n) is 4.91. The average molecular weight is 427 g/mol. The molecule has 4 rings (SSSR count). The summed E-state index contributed by atoms with van der Waals surface area (Å²) in [4.78, 5) is 24.5. The van der Waals surface area contributed by atoms with Crippen molar-refractivity contribution in [3.05, 3.63) is 37.6 Å². The van der Waals surface area contributed by atoms with Crippen LogP contribution in [0.2, 0.25) is 0 Å². The van der Waals surface area contributed by atoms with Crippen molar-refractivity contribution in [2.45, 2.75) is 39.0 Å². The van der Waals surface area contributed by atoms with Gasteiger partial charge in [-0.05, 0) is 0 Å². The van der Waals surface area contributed by atoms with E-state index in [-0.39, 0.29) is 11.1 Å². The first-order valence-corrected chi connectivity index (χ1v) is 14.1. The third kappa shape index (κ3) is 2.52. The number of amides is 2. The second-order valence-electron chi connectivity index (χ2n) is 6.36. The predicted octanol–water partition coefficient (Wildman–Crippen LogP) is 3.54. The number of unbranched alkanes of at least 4 members (excludes halogenated alkanes) is 3. The van der Waals surface area contributed by atoms with Gasteiger partial charge in [-0.2, -0.15) is 0 Å². The maximum absolute atomic E-state index is 12.2. The number of hydrogen-bond acceptors (Lipinski definition) is 3. The molecule has 116 valence electrons. The van der Waals surface area contributed by atoms with Crippen molar-refractivity contribution >= 4 is 57.1 Å². The molecule has 23 heavy (non-hydrogen) atoms. The van der Waals surface area contributed by atoms with E-state index in [2.05, 4.69) is 36.5 Å². The predicted molar refractivity (Wildman–Crippen MR) is 96.6 cm³/mol. The summed E-state index contributed by atoms with van der Waals surface area (Å²) >= 11 is -1.21. The van der Waals surface area contributed by atoms with E-state index in [0.29, 0.717) is 4.91 Å². The van der Waals surface area contributed by atoms with Crippen LogP contribution < -0.4 is 8.64 Å². The van der Waals surface area contributed by atoms with Gasteiger partial charge in [0.15, 0.2) is 0 Å². The van der Waals surface area contributed by atoms with E-state index in [9.17, 15) is 9.59 Å². The summed E-state index contributed by atoms with van der Waals surface area (Å²) in [5.74, 6) is -0.183. The van der Waals surface area contributed by atoms with E-state index in [1.54, 1.807) is 3.33 Å². The van der Waals surface area contributed by atoms with Gasteiger partial charge in [-0.15, -0.1) is 0 Å². The van der Waals surface area contributed by atoms with Gasteiger partial charge in [0.1, 0.15) is 0 Å². The second kappa shape index (κ2) is 6.17. The molecule has 1 aromatic carbocycles. The van der Waals surface area contributed by atoms with Gasteiger partial charge in [-0.1, -0.05) is 0 Å². The molecule has 1 fully saturated rings. The number of rotatable bonds is 5. The molecule has 0 atom stereocenters. The molecule has 1 N–H and O–H groups in total. The average Bonchev–Trinajstić information content (AvgIpc) is 3.10. The summed E-state index contributed by atoms with van der Waals surface area (Å²) in [5.41, 5.74) is 2.59. The van der Waals surface area contributed by atoms with Crippen molar-refractivity contribution in [3.63, 3.8) is 0 Å². The van der Waals surface area contributed by atoms with Crippen LogP contribution in [0, 0.1) is 0 Å². The van der Waals surface area contributed by atoms with Crippen molar-refractivity contribution in [1.29, 1.82) is 0 Å². The fraction of sp³-hybridized carbons (Fsp3) is 0.333. The number of benzene rings is 1. The van der Waals surface area contributed by atoms with Crippen LogP contribution in [0.4, 0.5) is 4.79 Å². The zero-order valence-electron chi connectivity index (χ0n) is 13.1. The van der Waals surface area contributed by atoms with Crippen LogP contribution in [-0.4, -0.2) is 32.6 Å². The van der Waals surface area contributed by atoms with Crippen molar-refractivity contribution in [3.8, 4) is 0 Å². The molecule has 0 saturated carbocycles. The maximum atomic E-state index is 12.2. The number of imide groups is 1. The quantitative estimate of drug-likeness (QED) is 0.578. The standard InChI is InChI=1S/C18H18NO2S.In/c1-2-3-4-5-6-7-10-14-11-8-9-12-15(14)13-16-17(20)19-18(21)22-16;/h8-10,12H,2-6H2,1H3,(H,19,20,21);. The molecule has 0 unspecified atom stereocenters. The van der Waals surface area contributed by atoms with Gasteiger partial charge in [0.05, 0.1) is 0 Å². The fourth-order valence-electron chi connectivity index (χ4n) is 3.91. The van der Waals surface area contributed by atoms with E-state index in [4.69, 9.17) is 0 Å². The van der Waals surface area contributed by atoms with Crippen LogP contribution in [-0.2, 0) is 4.79 Å². The Labute approximate surface area is 148 Å². The van der Waals surface area contributed by atoms with E-state index < -0.39 is 21.4 Å². The Morgan fingerprint density at radius 1 is 1.17 bits per heavy atom. The molecule has 1 aromatic rings. The molecule has 1 saturated heterocycles. The van der Waals surface area contributed by atoms with Gasteiger partial charge in [-0.3, -0.25) is 0 Å². The van der Waals surface area contributed by atoms with E-state index in [1.165, 1.54) is 49.9 Å². The molecular formula is C18H18InNO2S. The molecule has 0 aliphatic carbocycles. The van der Waals surface area contributed by atoms with Gasteiger partial charge in [-0.25, -0.2) is 0 Å². The monoisotopic (exact) mass is 427 g/mol. The Hall–Kier alpha value is -0.940. The summed E-state index contributed by atoms with van der Waals surface area (Å²) in [6, 6.07) is 6.49. The second-order valence-corrected chi connectivity index (χ2v) is 15.4. The summed E-state index contributed by atoms with van der Waals surface area (Å²) < 4.78 is 4.40. The number of nitrogens with one attached hydrogen (secondary N) is 1. The number of carbonyl (C=O) groups excluding carboxylic acids is 2. The summed E-state index contributed by atoms with van der Waals surface area (Å²) in [6.45, 7) is 2.23. The SMILES string of the molecule is CCCCCC[C]1=Cc2c3ccc[c]2[In]1/[C]3=C1\SC(=O)NC1=O. The number of hydrogen-bond donors (Lipinski definition) is 1. The Kier molecular flexibility index (Phi) is 4.18. The number of carbonyl (C=O) groups is 2. The Morgan fingerprint density at radius 2 is 2.04 bits per heavy atom. The molecule has 4 bridgehead atoms. The topological polar surface area (TPSA) is 46.2 Å². The molecule has 5 heteroatoms. The van der Waals surface area contributed by atoms with Gasteiger partial charge in [0.25, 0.3) is 0 Å². The van der Waals surface area contributed by atoms with Crippen molar-refractivity contribution in [2.75, 3.05) is 0 Å². The van der Waals surface area contributed by atoms with Gasteiger partial charge >= 0.3 is 149 Å². The van der Waals surface area contributed by atoms with E-state index in [1.807, 2.05) is 0 Å². The van der Waals surface area contributed by atoms with Crippen molar-refractivity contribution in [2.24, 2.45) is 0 Å². The van der Waals surface area contributed by atoms with Crippen molar-refractivity contribution < 1.29 is 9.59 Å².